The summed E-state index contributed by atoms with van der Waals surface area (Å²) in [7, 11) is 1.56. The highest BCUT2D eigenvalue weighted by Crippen LogP contribution is 2.24. The summed E-state index contributed by atoms with van der Waals surface area (Å²) in [5, 5.41) is 0.532. The van der Waals surface area contributed by atoms with Crippen molar-refractivity contribution in [2.24, 2.45) is 0 Å². The molecule has 1 aromatic carbocycles. The van der Waals surface area contributed by atoms with Gasteiger partial charge in [-0.25, -0.2) is 0 Å². The van der Waals surface area contributed by atoms with Gasteiger partial charge in [-0.05, 0) is 25.1 Å². The number of Topliss-reactive ketones (excluding diaryl/α,β-unsaturated/α-hetero) is 1. The zero-order valence-corrected chi connectivity index (χ0v) is 10.2. The molecule has 1 rings (SSSR count). The average Bonchev–Trinajstić information content (AvgIpc) is 2.28. The summed E-state index contributed by atoms with van der Waals surface area (Å²) in [6, 6.07) is 5.05. The maximum atomic E-state index is 11.8. The third-order valence-corrected chi connectivity index (χ3v) is 2.31. The first kappa shape index (κ1) is 13.0. The number of carbonyl (C=O) groups is 1. The third-order valence-electron chi connectivity index (χ3n) is 2.08. The molecule has 0 saturated heterocycles. The highest BCUT2D eigenvalue weighted by Gasteiger charge is 2.12. The predicted molar refractivity (Wildman–Crippen MR) is 63.4 cm³/mol. The molecule has 0 saturated carbocycles. The third kappa shape index (κ3) is 3.51. The minimum absolute atomic E-state index is 0.0206. The number of rotatable bonds is 6. The molecule has 0 unspecified atom stereocenters. The number of benzene rings is 1. The van der Waals surface area contributed by atoms with Crippen molar-refractivity contribution in [3.8, 4) is 5.75 Å². The van der Waals surface area contributed by atoms with Crippen LogP contribution in [0.1, 0.15) is 23.7 Å². The fourth-order valence-corrected chi connectivity index (χ4v) is 1.50. The second kappa shape index (κ2) is 6.51. The number of halogens is 1. The number of ether oxygens (including phenoxy) is 2. The van der Waals surface area contributed by atoms with Crippen molar-refractivity contribution in [2.45, 2.75) is 13.3 Å². The molecule has 3 nitrogen and oxygen atoms in total. The summed E-state index contributed by atoms with van der Waals surface area (Å²) < 4.78 is 10.2. The Balaban J connectivity index is 2.90. The topological polar surface area (TPSA) is 35.5 Å². The van der Waals surface area contributed by atoms with E-state index >= 15 is 0 Å². The highest BCUT2D eigenvalue weighted by atomic mass is 35.5. The highest BCUT2D eigenvalue weighted by molar-refractivity contribution is 6.31. The molecule has 0 amide bonds. The van der Waals surface area contributed by atoms with Crippen molar-refractivity contribution in [3.63, 3.8) is 0 Å². The zero-order valence-electron chi connectivity index (χ0n) is 9.46. The minimum Gasteiger partial charge on any atom is -0.493 e. The summed E-state index contributed by atoms with van der Waals surface area (Å²) in [5.74, 6) is 0.556. The van der Waals surface area contributed by atoms with Gasteiger partial charge in [0.25, 0.3) is 0 Å². The number of ketones is 1. The second-order valence-corrected chi connectivity index (χ2v) is 3.68. The minimum atomic E-state index is -0.0206. The van der Waals surface area contributed by atoms with Crippen molar-refractivity contribution in [2.75, 3.05) is 20.3 Å². The van der Waals surface area contributed by atoms with Crippen LogP contribution in [0.25, 0.3) is 0 Å². The van der Waals surface area contributed by atoms with Gasteiger partial charge in [0.2, 0.25) is 0 Å². The van der Waals surface area contributed by atoms with Gasteiger partial charge in [-0.3, -0.25) is 4.79 Å². The SMILES string of the molecule is CCOc1ccc(Cl)cc1C(=O)CCOC. The molecule has 16 heavy (non-hydrogen) atoms. The summed E-state index contributed by atoms with van der Waals surface area (Å²) in [5.41, 5.74) is 0.520. The maximum absolute atomic E-state index is 11.8. The van der Waals surface area contributed by atoms with E-state index in [1.165, 1.54) is 0 Å². The van der Waals surface area contributed by atoms with E-state index in [4.69, 9.17) is 21.1 Å². The number of hydrogen-bond acceptors (Lipinski definition) is 3. The van der Waals surface area contributed by atoms with Crippen LogP contribution in [-0.4, -0.2) is 26.1 Å². The molecule has 0 aliphatic heterocycles. The van der Waals surface area contributed by atoms with Crippen molar-refractivity contribution in [1.82, 2.24) is 0 Å². The van der Waals surface area contributed by atoms with E-state index in [2.05, 4.69) is 0 Å². The average molecular weight is 243 g/mol. The van der Waals surface area contributed by atoms with Gasteiger partial charge in [0.15, 0.2) is 5.78 Å². The second-order valence-electron chi connectivity index (χ2n) is 3.24. The smallest absolute Gasteiger partial charge is 0.168 e. The first-order valence-corrected chi connectivity index (χ1v) is 5.51. The molecule has 0 atom stereocenters. The lowest BCUT2D eigenvalue weighted by Gasteiger charge is -2.09. The Bertz CT molecular complexity index is 363. The van der Waals surface area contributed by atoms with Crippen molar-refractivity contribution < 1.29 is 14.3 Å². The van der Waals surface area contributed by atoms with E-state index in [9.17, 15) is 4.79 Å². The monoisotopic (exact) mass is 242 g/mol. The van der Waals surface area contributed by atoms with E-state index in [0.29, 0.717) is 36.0 Å². The van der Waals surface area contributed by atoms with Gasteiger partial charge in [-0.1, -0.05) is 11.6 Å². The Morgan fingerprint density at radius 3 is 2.81 bits per heavy atom. The Kier molecular flexibility index (Phi) is 5.29. The zero-order chi connectivity index (χ0) is 12.0. The van der Waals surface area contributed by atoms with E-state index < -0.39 is 0 Å². The quantitative estimate of drug-likeness (QED) is 0.720. The van der Waals surface area contributed by atoms with Gasteiger partial charge >= 0.3 is 0 Å². The lowest BCUT2D eigenvalue weighted by Crippen LogP contribution is -2.06. The summed E-state index contributed by atoms with van der Waals surface area (Å²) in [6.45, 7) is 2.79. The summed E-state index contributed by atoms with van der Waals surface area (Å²) >= 11 is 5.86. The van der Waals surface area contributed by atoms with Crippen LogP contribution in [0.3, 0.4) is 0 Å². The molecular formula is C12H15ClO3. The first-order valence-electron chi connectivity index (χ1n) is 5.13. The van der Waals surface area contributed by atoms with Gasteiger partial charge in [0, 0.05) is 18.6 Å². The first-order chi connectivity index (χ1) is 7.69. The van der Waals surface area contributed by atoms with E-state index in [1.54, 1.807) is 25.3 Å². The summed E-state index contributed by atoms with van der Waals surface area (Å²) in [4.78, 5) is 11.8. The van der Waals surface area contributed by atoms with E-state index in [-0.39, 0.29) is 5.78 Å². The van der Waals surface area contributed by atoms with Crippen LogP contribution < -0.4 is 4.74 Å². The molecule has 0 bridgehead atoms. The van der Waals surface area contributed by atoms with Gasteiger partial charge < -0.3 is 9.47 Å². The summed E-state index contributed by atoms with van der Waals surface area (Å²) in [6.07, 6.45) is 0.330. The van der Waals surface area contributed by atoms with Crippen molar-refractivity contribution in [1.29, 1.82) is 0 Å². The molecule has 4 heteroatoms. The number of hydrogen-bond donors (Lipinski definition) is 0. The lowest BCUT2D eigenvalue weighted by atomic mass is 10.1. The van der Waals surface area contributed by atoms with Crippen LogP contribution in [0.5, 0.6) is 5.75 Å². The Morgan fingerprint density at radius 2 is 2.19 bits per heavy atom. The molecule has 0 radical (unpaired) electrons. The van der Waals surface area contributed by atoms with Gasteiger partial charge in [-0.2, -0.15) is 0 Å². The molecule has 0 aliphatic rings. The van der Waals surface area contributed by atoms with Crippen LogP contribution >= 0.6 is 11.6 Å². The molecule has 0 heterocycles. The molecule has 0 aromatic heterocycles. The lowest BCUT2D eigenvalue weighted by molar-refractivity contribution is 0.0928. The van der Waals surface area contributed by atoms with Crippen LogP contribution in [-0.2, 0) is 4.74 Å². The Hall–Kier alpha value is -1.06. The van der Waals surface area contributed by atoms with Crippen molar-refractivity contribution >= 4 is 17.4 Å². The normalized spacial score (nSPS) is 10.2. The fourth-order valence-electron chi connectivity index (χ4n) is 1.33. The Labute approximate surface area is 100 Å². The molecule has 88 valence electrons. The maximum Gasteiger partial charge on any atom is 0.168 e. The van der Waals surface area contributed by atoms with Gasteiger partial charge in [0.1, 0.15) is 5.75 Å². The van der Waals surface area contributed by atoms with Crippen LogP contribution in [0.4, 0.5) is 0 Å². The van der Waals surface area contributed by atoms with Crippen LogP contribution in [0, 0.1) is 0 Å². The molecule has 1 aromatic rings. The fraction of sp³-hybridized carbons (Fsp3) is 0.417. The van der Waals surface area contributed by atoms with E-state index in [1.807, 2.05) is 6.92 Å². The molecule has 0 N–H and O–H groups in total. The van der Waals surface area contributed by atoms with Gasteiger partial charge in [0.05, 0.1) is 18.8 Å². The predicted octanol–water partition coefficient (Wildman–Crippen LogP) is 2.96. The Morgan fingerprint density at radius 1 is 1.44 bits per heavy atom. The van der Waals surface area contributed by atoms with Crippen LogP contribution in [0.2, 0.25) is 5.02 Å². The van der Waals surface area contributed by atoms with Crippen molar-refractivity contribution in [3.05, 3.63) is 28.8 Å². The molecular weight excluding hydrogens is 228 g/mol. The standard InChI is InChI=1S/C12H15ClO3/c1-3-16-12-5-4-9(13)8-10(12)11(14)6-7-15-2/h4-5,8H,3,6-7H2,1-2H3. The van der Waals surface area contributed by atoms with Gasteiger partial charge in [-0.15, -0.1) is 0 Å². The molecule has 0 fully saturated rings. The number of methoxy groups -OCH3 is 1. The molecule has 0 aliphatic carbocycles. The van der Waals surface area contributed by atoms with Crippen LogP contribution in [0.15, 0.2) is 18.2 Å². The number of carbonyl (C=O) groups excluding carboxylic acids is 1. The van der Waals surface area contributed by atoms with E-state index in [0.717, 1.165) is 0 Å². The molecule has 0 spiro atoms. The largest absolute Gasteiger partial charge is 0.493 e.